The molecule has 0 aliphatic rings. The van der Waals surface area contributed by atoms with Crippen LogP contribution >= 0.6 is 0 Å². The molecule has 0 radical (unpaired) electrons. The lowest BCUT2D eigenvalue weighted by atomic mass is 10.1. The van der Waals surface area contributed by atoms with E-state index in [1.807, 2.05) is 6.92 Å². The highest BCUT2D eigenvalue weighted by molar-refractivity contribution is 5.90. The van der Waals surface area contributed by atoms with Gasteiger partial charge in [0.1, 0.15) is 5.82 Å². The molecule has 100 valence electrons. The summed E-state index contributed by atoms with van der Waals surface area (Å²) in [6.45, 7) is 4.10. The minimum absolute atomic E-state index is 0.215. The highest BCUT2D eigenvalue weighted by atomic mass is 19.1. The maximum Gasteiger partial charge on any atom is 0.338 e. The first-order chi connectivity index (χ1) is 8.49. The Morgan fingerprint density at radius 2 is 2.17 bits per heavy atom. The fraction of sp³-hybridized carbons (Fsp3) is 0.462. The van der Waals surface area contributed by atoms with Crippen molar-refractivity contribution in [2.75, 3.05) is 11.1 Å². The van der Waals surface area contributed by atoms with Gasteiger partial charge in [-0.15, -0.1) is 0 Å². The lowest BCUT2D eigenvalue weighted by molar-refractivity contribution is 0.0692. The van der Waals surface area contributed by atoms with Gasteiger partial charge < -0.3 is 16.2 Å². The van der Waals surface area contributed by atoms with Gasteiger partial charge >= 0.3 is 5.97 Å². The van der Waals surface area contributed by atoms with E-state index in [1.165, 1.54) is 0 Å². The Morgan fingerprint density at radius 3 is 2.67 bits per heavy atom. The van der Waals surface area contributed by atoms with E-state index in [4.69, 9.17) is 10.8 Å². The fourth-order valence-electron chi connectivity index (χ4n) is 1.83. The topological polar surface area (TPSA) is 75.3 Å². The van der Waals surface area contributed by atoms with Crippen LogP contribution in [0, 0.1) is 5.82 Å². The summed E-state index contributed by atoms with van der Waals surface area (Å²) in [5.74, 6) is -2.09. The highest BCUT2D eigenvalue weighted by Crippen LogP contribution is 2.25. The van der Waals surface area contributed by atoms with Crippen molar-refractivity contribution in [3.05, 3.63) is 23.5 Å². The van der Waals surface area contributed by atoms with E-state index < -0.39 is 17.3 Å². The van der Waals surface area contributed by atoms with Gasteiger partial charge in [-0.05, 0) is 25.0 Å². The third-order valence-corrected chi connectivity index (χ3v) is 2.86. The molecule has 0 aliphatic heterocycles. The van der Waals surface area contributed by atoms with Crippen LogP contribution in [-0.4, -0.2) is 17.1 Å². The molecule has 0 bridgehead atoms. The van der Waals surface area contributed by atoms with Gasteiger partial charge in [0.05, 0.1) is 16.9 Å². The number of halogens is 1. The van der Waals surface area contributed by atoms with E-state index in [9.17, 15) is 9.18 Å². The van der Waals surface area contributed by atoms with E-state index in [1.54, 1.807) is 0 Å². The first-order valence-corrected chi connectivity index (χ1v) is 6.08. The predicted octanol–water partition coefficient (Wildman–Crippen LogP) is 3.10. The molecular weight excluding hydrogens is 235 g/mol. The zero-order chi connectivity index (χ0) is 13.7. The average Bonchev–Trinajstić information content (AvgIpc) is 2.32. The van der Waals surface area contributed by atoms with E-state index in [-0.39, 0.29) is 11.7 Å². The van der Waals surface area contributed by atoms with E-state index in [2.05, 4.69) is 12.2 Å². The summed E-state index contributed by atoms with van der Waals surface area (Å²) < 4.78 is 13.5. The smallest absolute Gasteiger partial charge is 0.338 e. The fourth-order valence-corrected chi connectivity index (χ4v) is 1.83. The molecule has 0 fully saturated rings. The Hall–Kier alpha value is -1.78. The average molecular weight is 254 g/mol. The van der Waals surface area contributed by atoms with Crippen LogP contribution in [0.25, 0.3) is 0 Å². The van der Waals surface area contributed by atoms with Crippen molar-refractivity contribution >= 4 is 17.3 Å². The number of carboxylic acids is 1. The van der Waals surface area contributed by atoms with Crippen LogP contribution in [0.5, 0.6) is 0 Å². The van der Waals surface area contributed by atoms with Crippen molar-refractivity contribution < 1.29 is 14.3 Å². The number of carbonyl (C=O) groups is 1. The van der Waals surface area contributed by atoms with Crippen LogP contribution in [0.15, 0.2) is 12.1 Å². The van der Waals surface area contributed by atoms with E-state index >= 15 is 0 Å². The van der Waals surface area contributed by atoms with Crippen LogP contribution in [0.1, 0.15) is 43.5 Å². The molecule has 18 heavy (non-hydrogen) atoms. The van der Waals surface area contributed by atoms with Crippen molar-refractivity contribution in [3.8, 4) is 0 Å². The molecule has 1 unspecified atom stereocenters. The third kappa shape index (κ3) is 3.35. The quantitative estimate of drug-likeness (QED) is 0.682. The first kappa shape index (κ1) is 14.3. The number of nitrogens with one attached hydrogen (secondary N) is 1. The van der Waals surface area contributed by atoms with Crippen molar-refractivity contribution in [2.24, 2.45) is 0 Å². The van der Waals surface area contributed by atoms with Gasteiger partial charge in [0, 0.05) is 6.04 Å². The van der Waals surface area contributed by atoms with E-state index in [0.29, 0.717) is 5.69 Å². The minimum Gasteiger partial charge on any atom is -0.478 e. The number of nitrogens with two attached hydrogens (primary N) is 1. The summed E-state index contributed by atoms with van der Waals surface area (Å²) in [5, 5.41) is 11.9. The van der Waals surface area contributed by atoms with Gasteiger partial charge in [0.25, 0.3) is 0 Å². The summed E-state index contributed by atoms with van der Waals surface area (Å²) in [4.78, 5) is 10.8. The number of carboxylic acid groups (broad SMARTS) is 1. The maximum atomic E-state index is 13.5. The van der Waals surface area contributed by atoms with Gasteiger partial charge in [0.2, 0.25) is 0 Å². The Bertz CT molecular complexity index is 435. The lowest BCUT2D eigenvalue weighted by Gasteiger charge is -2.19. The number of benzene rings is 1. The molecule has 0 spiro atoms. The van der Waals surface area contributed by atoms with Gasteiger partial charge in [0.15, 0.2) is 0 Å². The molecule has 0 saturated heterocycles. The monoisotopic (exact) mass is 254 g/mol. The maximum absolute atomic E-state index is 13.5. The normalized spacial score (nSPS) is 12.2. The van der Waals surface area contributed by atoms with Crippen LogP contribution in [0.2, 0.25) is 0 Å². The number of rotatable bonds is 6. The van der Waals surface area contributed by atoms with Crippen molar-refractivity contribution in [3.63, 3.8) is 0 Å². The van der Waals surface area contributed by atoms with Crippen LogP contribution < -0.4 is 11.1 Å². The predicted molar refractivity (Wildman–Crippen MR) is 70.4 cm³/mol. The summed E-state index contributed by atoms with van der Waals surface area (Å²) in [6, 6.07) is 2.52. The molecule has 1 aromatic rings. The van der Waals surface area contributed by atoms with Crippen LogP contribution in [0.3, 0.4) is 0 Å². The first-order valence-electron chi connectivity index (χ1n) is 6.08. The molecule has 1 rings (SSSR count). The molecule has 0 heterocycles. The van der Waals surface area contributed by atoms with Gasteiger partial charge in [-0.2, -0.15) is 0 Å². The number of aromatic carboxylic acids is 1. The summed E-state index contributed by atoms with van der Waals surface area (Å²) >= 11 is 0. The van der Waals surface area contributed by atoms with Gasteiger partial charge in [-0.3, -0.25) is 0 Å². The SMILES string of the molecule is CCCC(CC)Nc1cc(F)c(C(=O)O)cc1N. The molecule has 5 heteroatoms. The summed E-state index contributed by atoms with van der Waals surface area (Å²) in [6.07, 6.45) is 2.87. The standard InChI is InChI=1S/C13H19FN2O2/c1-3-5-8(4-2)16-12-7-10(14)9(13(17)18)6-11(12)15/h6-8,16H,3-5,15H2,1-2H3,(H,17,18). The Kier molecular flexibility index (Phi) is 4.95. The Balaban J connectivity index is 2.97. The molecule has 1 aromatic carbocycles. The van der Waals surface area contributed by atoms with Gasteiger partial charge in [-0.25, -0.2) is 9.18 Å². The van der Waals surface area contributed by atoms with Crippen molar-refractivity contribution in [1.29, 1.82) is 0 Å². The Labute approximate surface area is 106 Å². The molecule has 1 atom stereocenters. The molecular formula is C13H19FN2O2. The zero-order valence-electron chi connectivity index (χ0n) is 10.7. The summed E-state index contributed by atoms with van der Waals surface area (Å²) in [5.41, 5.74) is 6.04. The number of nitrogen functional groups attached to an aromatic ring is 1. The third-order valence-electron chi connectivity index (χ3n) is 2.86. The lowest BCUT2D eigenvalue weighted by Crippen LogP contribution is -2.19. The molecule has 0 amide bonds. The molecule has 4 nitrogen and oxygen atoms in total. The van der Waals surface area contributed by atoms with Crippen LogP contribution in [-0.2, 0) is 0 Å². The van der Waals surface area contributed by atoms with Crippen LogP contribution in [0.4, 0.5) is 15.8 Å². The van der Waals surface area contributed by atoms with Gasteiger partial charge in [-0.1, -0.05) is 20.3 Å². The zero-order valence-corrected chi connectivity index (χ0v) is 10.7. The second-order valence-electron chi connectivity index (χ2n) is 4.26. The largest absolute Gasteiger partial charge is 0.478 e. The molecule has 0 aliphatic carbocycles. The van der Waals surface area contributed by atoms with Crippen molar-refractivity contribution in [1.82, 2.24) is 0 Å². The van der Waals surface area contributed by atoms with Crippen molar-refractivity contribution in [2.45, 2.75) is 39.2 Å². The minimum atomic E-state index is -1.31. The number of anilines is 2. The highest BCUT2D eigenvalue weighted by Gasteiger charge is 2.15. The molecule has 4 N–H and O–H groups in total. The number of hydrogen-bond donors (Lipinski definition) is 3. The van der Waals surface area contributed by atoms with E-state index in [0.717, 1.165) is 31.4 Å². The second-order valence-corrected chi connectivity index (χ2v) is 4.26. The number of hydrogen-bond acceptors (Lipinski definition) is 3. The summed E-state index contributed by atoms with van der Waals surface area (Å²) in [7, 11) is 0. The Morgan fingerprint density at radius 1 is 1.50 bits per heavy atom. The molecule has 0 aromatic heterocycles. The molecule has 0 saturated carbocycles. The second kappa shape index (κ2) is 6.23.